The van der Waals surface area contributed by atoms with Gasteiger partial charge in [0.2, 0.25) is 0 Å². The Labute approximate surface area is 144 Å². The zero-order chi connectivity index (χ0) is 18.3. The number of hydrogen-bond donors (Lipinski definition) is 1. The van der Waals surface area contributed by atoms with E-state index in [4.69, 9.17) is 9.47 Å². The van der Waals surface area contributed by atoms with Crippen molar-refractivity contribution in [2.45, 2.75) is 27.7 Å². The van der Waals surface area contributed by atoms with E-state index in [0.717, 1.165) is 0 Å². The lowest BCUT2D eigenvalue weighted by atomic mass is 10.1. The van der Waals surface area contributed by atoms with Crippen molar-refractivity contribution < 1.29 is 19.1 Å². The molecule has 0 bridgehead atoms. The van der Waals surface area contributed by atoms with Gasteiger partial charge in [-0.15, -0.1) is 0 Å². The Bertz CT molecular complexity index is 560. The first-order valence-corrected chi connectivity index (χ1v) is 8.10. The molecule has 0 aliphatic heterocycles. The average molecular weight is 336 g/mol. The standard InChI is InChI=1S/C18H28N2O4/c1-12(2)10-20(11-13(3)4)18(22)17(21)19-14-7-8-15(23-5)16(9-14)24-6/h7-9,12-13H,10-11H2,1-6H3,(H,19,21). The molecule has 2 amide bonds. The number of nitrogens with one attached hydrogen (secondary N) is 1. The summed E-state index contributed by atoms with van der Waals surface area (Å²) >= 11 is 0. The van der Waals surface area contributed by atoms with Crippen LogP contribution in [0.15, 0.2) is 18.2 Å². The highest BCUT2D eigenvalue weighted by Gasteiger charge is 2.23. The van der Waals surface area contributed by atoms with Crippen molar-refractivity contribution in [3.05, 3.63) is 18.2 Å². The zero-order valence-electron chi connectivity index (χ0n) is 15.4. The van der Waals surface area contributed by atoms with Crippen LogP contribution in [0, 0.1) is 11.8 Å². The minimum atomic E-state index is -0.650. The Balaban J connectivity index is 2.86. The molecule has 6 nitrogen and oxygen atoms in total. The van der Waals surface area contributed by atoms with Crippen molar-refractivity contribution in [3.8, 4) is 11.5 Å². The topological polar surface area (TPSA) is 67.9 Å². The minimum Gasteiger partial charge on any atom is -0.493 e. The number of ether oxygens (including phenoxy) is 2. The van der Waals surface area contributed by atoms with Gasteiger partial charge in [0, 0.05) is 24.8 Å². The third-order valence-corrected chi connectivity index (χ3v) is 3.29. The van der Waals surface area contributed by atoms with Gasteiger partial charge >= 0.3 is 11.8 Å². The summed E-state index contributed by atoms with van der Waals surface area (Å²) in [5.41, 5.74) is 0.486. The SMILES string of the molecule is COc1ccc(NC(=O)C(=O)N(CC(C)C)CC(C)C)cc1OC. The third-order valence-electron chi connectivity index (χ3n) is 3.29. The zero-order valence-corrected chi connectivity index (χ0v) is 15.4. The summed E-state index contributed by atoms with van der Waals surface area (Å²) < 4.78 is 10.4. The summed E-state index contributed by atoms with van der Waals surface area (Å²) in [5.74, 6) is 0.464. The van der Waals surface area contributed by atoms with E-state index in [2.05, 4.69) is 5.32 Å². The largest absolute Gasteiger partial charge is 0.493 e. The van der Waals surface area contributed by atoms with Crippen molar-refractivity contribution in [1.29, 1.82) is 0 Å². The van der Waals surface area contributed by atoms with E-state index < -0.39 is 11.8 Å². The number of hydrogen-bond acceptors (Lipinski definition) is 4. The lowest BCUT2D eigenvalue weighted by Crippen LogP contribution is -2.43. The lowest BCUT2D eigenvalue weighted by Gasteiger charge is -2.25. The van der Waals surface area contributed by atoms with Gasteiger partial charge in [0.05, 0.1) is 14.2 Å². The highest BCUT2D eigenvalue weighted by molar-refractivity contribution is 6.39. The maximum absolute atomic E-state index is 12.5. The first-order chi connectivity index (χ1) is 11.3. The highest BCUT2D eigenvalue weighted by atomic mass is 16.5. The van der Waals surface area contributed by atoms with Gasteiger partial charge in [-0.1, -0.05) is 27.7 Å². The number of anilines is 1. The quantitative estimate of drug-likeness (QED) is 0.778. The average Bonchev–Trinajstić information content (AvgIpc) is 2.52. The molecule has 0 heterocycles. The van der Waals surface area contributed by atoms with Gasteiger partial charge in [0.25, 0.3) is 0 Å². The number of rotatable bonds is 7. The molecule has 0 saturated carbocycles. The Kier molecular flexibility index (Phi) is 7.55. The van der Waals surface area contributed by atoms with Crippen LogP contribution in [0.5, 0.6) is 11.5 Å². The van der Waals surface area contributed by atoms with E-state index in [1.807, 2.05) is 27.7 Å². The molecule has 0 saturated heterocycles. The Hall–Kier alpha value is -2.24. The first kappa shape index (κ1) is 19.8. The first-order valence-electron chi connectivity index (χ1n) is 8.10. The molecule has 6 heteroatoms. The molecule has 1 aromatic rings. The van der Waals surface area contributed by atoms with Gasteiger partial charge in [0.15, 0.2) is 11.5 Å². The molecule has 0 unspecified atom stereocenters. The molecule has 1 rings (SSSR count). The molecule has 0 aliphatic rings. The fourth-order valence-corrected chi connectivity index (χ4v) is 2.36. The van der Waals surface area contributed by atoms with Crippen LogP contribution in [0.2, 0.25) is 0 Å². The predicted octanol–water partition coefficient (Wildman–Crippen LogP) is 2.78. The smallest absolute Gasteiger partial charge is 0.313 e. The Morgan fingerprint density at radius 1 is 1.00 bits per heavy atom. The van der Waals surface area contributed by atoms with Crippen molar-refractivity contribution in [3.63, 3.8) is 0 Å². The summed E-state index contributed by atoms with van der Waals surface area (Å²) in [7, 11) is 3.05. The van der Waals surface area contributed by atoms with E-state index in [-0.39, 0.29) is 0 Å². The molecule has 0 aromatic heterocycles. The van der Waals surface area contributed by atoms with Crippen LogP contribution in [0.1, 0.15) is 27.7 Å². The lowest BCUT2D eigenvalue weighted by molar-refractivity contribution is -0.143. The molecule has 0 spiro atoms. The van der Waals surface area contributed by atoms with E-state index in [1.165, 1.54) is 14.2 Å². The number of carbonyl (C=O) groups excluding carboxylic acids is 2. The van der Waals surface area contributed by atoms with Crippen LogP contribution in [0.25, 0.3) is 0 Å². The van der Waals surface area contributed by atoms with Crippen molar-refractivity contribution in [2.75, 3.05) is 32.6 Å². The van der Waals surface area contributed by atoms with Crippen molar-refractivity contribution in [2.24, 2.45) is 11.8 Å². The second-order valence-corrected chi connectivity index (χ2v) is 6.52. The van der Waals surface area contributed by atoms with Crippen molar-refractivity contribution in [1.82, 2.24) is 4.90 Å². The van der Waals surface area contributed by atoms with Gasteiger partial charge in [-0.25, -0.2) is 0 Å². The molecule has 134 valence electrons. The molecule has 0 radical (unpaired) electrons. The molecule has 0 aliphatic carbocycles. The molecule has 1 aromatic carbocycles. The molecule has 0 fully saturated rings. The Morgan fingerprint density at radius 3 is 2.00 bits per heavy atom. The fourth-order valence-electron chi connectivity index (χ4n) is 2.36. The third kappa shape index (κ3) is 5.76. The van der Waals surface area contributed by atoms with Gasteiger partial charge in [-0.3, -0.25) is 9.59 Å². The van der Waals surface area contributed by atoms with E-state index in [0.29, 0.717) is 42.1 Å². The fraction of sp³-hybridized carbons (Fsp3) is 0.556. The summed E-state index contributed by atoms with van der Waals surface area (Å²) in [6.45, 7) is 9.19. The maximum atomic E-state index is 12.5. The van der Waals surface area contributed by atoms with E-state index >= 15 is 0 Å². The van der Waals surface area contributed by atoms with E-state index in [9.17, 15) is 9.59 Å². The van der Waals surface area contributed by atoms with Gasteiger partial charge in [-0.2, -0.15) is 0 Å². The summed E-state index contributed by atoms with van der Waals surface area (Å²) in [4.78, 5) is 26.4. The van der Waals surface area contributed by atoms with Crippen molar-refractivity contribution >= 4 is 17.5 Å². The minimum absolute atomic E-state index is 0.293. The van der Waals surface area contributed by atoms with Crippen LogP contribution in [0.3, 0.4) is 0 Å². The second-order valence-electron chi connectivity index (χ2n) is 6.52. The van der Waals surface area contributed by atoms with Crippen LogP contribution in [-0.2, 0) is 9.59 Å². The van der Waals surface area contributed by atoms with Gasteiger partial charge in [-0.05, 0) is 24.0 Å². The number of nitrogens with zero attached hydrogens (tertiary/aromatic N) is 1. The normalized spacial score (nSPS) is 10.7. The summed E-state index contributed by atoms with van der Waals surface area (Å²) in [6.07, 6.45) is 0. The van der Waals surface area contributed by atoms with Crippen LogP contribution < -0.4 is 14.8 Å². The number of amides is 2. The second kappa shape index (κ2) is 9.15. The number of methoxy groups -OCH3 is 2. The predicted molar refractivity (Wildman–Crippen MR) is 94.4 cm³/mol. The molecular formula is C18H28N2O4. The monoisotopic (exact) mass is 336 g/mol. The highest BCUT2D eigenvalue weighted by Crippen LogP contribution is 2.29. The van der Waals surface area contributed by atoms with Crippen LogP contribution in [-0.4, -0.2) is 44.0 Å². The number of carbonyl (C=O) groups is 2. The summed E-state index contributed by atoms with van der Waals surface area (Å²) in [5, 5.41) is 2.63. The molecule has 24 heavy (non-hydrogen) atoms. The molecular weight excluding hydrogens is 308 g/mol. The summed E-state index contributed by atoms with van der Waals surface area (Å²) in [6, 6.07) is 4.97. The number of benzene rings is 1. The Morgan fingerprint density at radius 2 is 1.54 bits per heavy atom. The molecule has 0 atom stereocenters. The van der Waals surface area contributed by atoms with Crippen LogP contribution in [0.4, 0.5) is 5.69 Å². The van der Waals surface area contributed by atoms with Gasteiger partial charge < -0.3 is 19.7 Å². The maximum Gasteiger partial charge on any atom is 0.313 e. The van der Waals surface area contributed by atoms with E-state index in [1.54, 1.807) is 23.1 Å². The van der Waals surface area contributed by atoms with Gasteiger partial charge in [0.1, 0.15) is 0 Å². The molecule has 1 N–H and O–H groups in total. The van der Waals surface area contributed by atoms with Crippen LogP contribution >= 0.6 is 0 Å².